The lowest BCUT2D eigenvalue weighted by Crippen LogP contribution is -2.40. The van der Waals surface area contributed by atoms with E-state index < -0.39 is 0 Å². The van der Waals surface area contributed by atoms with Crippen molar-refractivity contribution >= 4 is 28.9 Å². The minimum absolute atomic E-state index is 0.0293. The molecule has 0 aliphatic carbocycles. The molecule has 1 aromatic heterocycles. The summed E-state index contributed by atoms with van der Waals surface area (Å²) < 4.78 is 0. The van der Waals surface area contributed by atoms with Gasteiger partial charge in [0.25, 0.3) is 5.91 Å². The van der Waals surface area contributed by atoms with Crippen molar-refractivity contribution in [3.8, 4) is 0 Å². The molecule has 0 spiro atoms. The van der Waals surface area contributed by atoms with E-state index in [0.29, 0.717) is 6.42 Å². The second-order valence-electron chi connectivity index (χ2n) is 6.74. The molecule has 0 radical (unpaired) electrons. The van der Waals surface area contributed by atoms with Crippen LogP contribution in [-0.4, -0.2) is 41.0 Å². The maximum absolute atomic E-state index is 12.9. The van der Waals surface area contributed by atoms with Crippen LogP contribution in [0.4, 0.5) is 0 Å². The Balaban J connectivity index is 1.84. The average molecular weight is 369 g/mol. The quantitative estimate of drug-likeness (QED) is 0.809. The lowest BCUT2D eigenvalue weighted by atomic mass is 10.0. The van der Waals surface area contributed by atoms with Crippen LogP contribution in [0.25, 0.3) is 0 Å². The van der Waals surface area contributed by atoms with E-state index in [1.807, 2.05) is 61.7 Å². The maximum Gasteiger partial charge on any atom is 0.262 e. The van der Waals surface area contributed by atoms with Gasteiger partial charge in [-0.25, -0.2) is 5.01 Å². The van der Waals surface area contributed by atoms with E-state index in [9.17, 15) is 9.59 Å². The summed E-state index contributed by atoms with van der Waals surface area (Å²) in [4.78, 5) is 27.6. The molecule has 1 unspecified atom stereocenters. The molecule has 0 saturated carbocycles. The van der Waals surface area contributed by atoms with Gasteiger partial charge in [-0.2, -0.15) is 5.10 Å². The number of likely N-dealkylation sites (N-methyl/N-ethyl adjacent to an activating group) is 1. The van der Waals surface area contributed by atoms with Gasteiger partial charge in [-0.05, 0) is 17.0 Å². The van der Waals surface area contributed by atoms with Gasteiger partial charge in [-0.3, -0.25) is 9.59 Å². The minimum Gasteiger partial charge on any atom is -0.336 e. The first kappa shape index (κ1) is 18.3. The number of amides is 2. The van der Waals surface area contributed by atoms with Crippen molar-refractivity contribution in [1.82, 2.24) is 9.91 Å². The van der Waals surface area contributed by atoms with E-state index in [1.54, 1.807) is 23.4 Å². The van der Waals surface area contributed by atoms with E-state index >= 15 is 0 Å². The third-order valence-electron chi connectivity index (χ3n) is 4.40. The topological polar surface area (TPSA) is 53.0 Å². The van der Waals surface area contributed by atoms with Crippen molar-refractivity contribution < 1.29 is 9.59 Å². The summed E-state index contributed by atoms with van der Waals surface area (Å²) in [5.41, 5.74) is 1.97. The van der Waals surface area contributed by atoms with Crippen LogP contribution in [0, 0.1) is 5.92 Å². The van der Waals surface area contributed by atoms with Crippen LogP contribution in [0.2, 0.25) is 0 Å². The Morgan fingerprint density at radius 1 is 1.23 bits per heavy atom. The highest BCUT2D eigenvalue weighted by Gasteiger charge is 2.34. The van der Waals surface area contributed by atoms with Gasteiger partial charge in [0.05, 0.1) is 16.6 Å². The monoisotopic (exact) mass is 369 g/mol. The molecule has 136 valence electrons. The largest absolute Gasteiger partial charge is 0.336 e. The van der Waals surface area contributed by atoms with Crippen molar-refractivity contribution in [3.63, 3.8) is 0 Å². The summed E-state index contributed by atoms with van der Waals surface area (Å²) >= 11 is 1.62. The molecule has 0 bridgehead atoms. The Labute approximate surface area is 157 Å². The Hall–Kier alpha value is -2.47. The summed E-state index contributed by atoms with van der Waals surface area (Å²) in [7, 11) is 1.66. The SMILES string of the molecule is CC(C)C(=O)N(C)CC(=O)N1N=C(c2cccs2)CC1c1ccccc1. The van der Waals surface area contributed by atoms with Crippen LogP contribution in [0.1, 0.15) is 36.8 Å². The van der Waals surface area contributed by atoms with Gasteiger partial charge in [0.15, 0.2) is 0 Å². The maximum atomic E-state index is 12.9. The number of rotatable bonds is 5. The summed E-state index contributed by atoms with van der Waals surface area (Å²) in [5.74, 6) is -0.348. The number of nitrogens with zero attached hydrogens (tertiary/aromatic N) is 3. The smallest absolute Gasteiger partial charge is 0.262 e. The first-order valence-electron chi connectivity index (χ1n) is 8.70. The summed E-state index contributed by atoms with van der Waals surface area (Å²) in [6.07, 6.45) is 0.679. The fourth-order valence-corrected chi connectivity index (χ4v) is 3.78. The molecule has 5 nitrogen and oxygen atoms in total. The van der Waals surface area contributed by atoms with Gasteiger partial charge in [-0.1, -0.05) is 50.2 Å². The molecular formula is C20H23N3O2S. The molecule has 1 aromatic carbocycles. The van der Waals surface area contributed by atoms with Crippen LogP contribution < -0.4 is 0 Å². The Kier molecular flexibility index (Phi) is 5.52. The molecule has 3 rings (SSSR count). The van der Waals surface area contributed by atoms with Gasteiger partial charge in [0, 0.05) is 19.4 Å². The standard InChI is InChI=1S/C20H23N3O2S/c1-14(2)20(25)22(3)13-19(24)23-17(15-8-5-4-6-9-15)12-16(21-23)18-10-7-11-26-18/h4-11,14,17H,12-13H2,1-3H3. The molecule has 1 aliphatic rings. The minimum atomic E-state index is -0.165. The van der Waals surface area contributed by atoms with E-state index in [4.69, 9.17) is 0 Å². The van der Waals surface area contributed by atoms with E-state index in [0.717, 1.165) is 16.2 Å². The molecule has 2 heterocycles. The van der Waals surface area contributed by atoms with Crippen LogP contribution >= 0.6 is 11.3 Å². The zero-order valence-electron chi connectivity index (χ0n) is 15.3. The summed E-state index contributed by atoms with van der Waals surface area (Å²) in [6, 6.07) is 13.8. The Morgan fingerprint density at radius 3 is 2.58 bits per heavy atom. The van der Waals surface area contributed by atoms with Crippen LogP contribution in [-0.2, 0) is 9.59 Å². The fraction of sp³-hybridized carbons (Fsp3) is 0.350. The number of carbonyl (C=O) groups is 2. The zero-order chi connectivity index (χ0) is 18.7. The van der Waals surface area contributed by atoms with Crippen molar-refractivity contribution in [2.24, 2.45) is 11.0 Å². The molecule has 26 heavy (non-hydrogen) atoms. The highest BCUT2D eigenvalue weighted by atomic mass is 32.1. The first-order chi connectivity index (χ1) is 12.5. The van der Waals surface area contributed by atoms with Crippen molar-refractivity contribution in [1.29, 1.82) is 0 Å². The second kappa shape index (κ2) is 7.83. The molecule has 0 fully saturated rings. The number of benzene rings is 1. The average Bonchev–Trinajstić information content (AvgIpc) is 3.31. The van der Waals surface area contributed by atoms with E-state index in [-0.39, 0.29) is 30.3 Å². The van der Waals surface area contributed by atoms with Gasteiger partial charge >= 0.3 is 0 Å². The van der Waals surface area contributed by atoms with Crippen LogP contribution in [0.15, 0.2) is 52.9 Å². The predicted octanol–water partition coefficient (Wildman–Crippen LogP) is 3.54. The molecule has 1 atom stereocenters. The molecule has 2 aromatic rings. The Bertz CT molecular complexity index is 800. The number of carbonyl (C=O) groups excluding carboxylic acids is 2. The number of hydrazone groups is 1. The summed E-state index contributed by atoms with van der Waals surface area (Å²) in [6.45, 7) is 3.69. The normalized spacial score (nSPS) is 16.7. The van der Waals surface area contributed by atoms with Gasteiger partial charge in [0.1, 0.15) is 6.54 Å². The predicted molar refractivity (Wildman–Crippen MR) is 104 cm³/mol. The highest BCUT2D eigenvalue weighted by molar-refractivity contribution is 7.12. The lowest BCUT2D eigenvalue weighted by molar-refractivity contribution is -0.142. The first-order valence-corrected chi connectivity index (χ1v) is 9.58. The third-order valence-corrected chi connectivity index (χ3v) is 5.32. The molecule has 0 saturated heterocycles. The van der Waals surface area contributed by atoms with Crippen LogP contribution in [0.3, 0.4) is 0 Å². The number of hydrogen-bond acceptors (Lipinski definition) is 4. The molecule has 1 aliphatic heterocycles. The van der Waals surface area contributed by atoms with Gasteiger partial charge in [-0.15, -0.1) is 11.3 Å². The fourth-order valence-electron chi connectivity index (χ4n) is 3.06. The second-order valence-corrected chi connectivity index (χ2v) is 7.69. The lowest BCUT2D eigenvalue weighted by Gasteiger charge is -2.25. The van der Waals surface area contributed by atoms with E-state index in [2.05, 4.69) is 5.10 Å². The Morgan fingerprint density at radius 2 is 1.96 bits per heavy atom. The van der Waals surface area contributed by atoms with Gasteiger partial charge in [0.2, 0.25) is 5.91 Å². The molecule has 0 N–H and O–H groups in total. The number of hydrogen-bond donors (Lipinski definition) is 0. The highest BCUT2D eigenvalue weighted by Crippen LogP contribution is 2.33. The third kappa shape index (κ3) is 3.85. The number of thiophene rings is 1. The zero-order valence-corrected chi connectivity index (χ0v) is 16.1. The van der Waals surface area contributed by atoms with Crippen molar-refractivity contribution in [2.75, 3.05) is 13.6 Å². The summed E-state index contributed by atoms with van der Waals surface area (Å²) in [5, 5.41) is 8.18. The molecular weight excluding hydrogens is 346 g/mol. The van der Waals surface area contributed by atoms with Gasteiger partial charge < -0.3 is 4.90 Å². The molecule has 2 amide bonds. The van der Waals surface area contributed by atoms with Crippen molar-refractivity contribution in [2.45, 2.75) is 26.3 Å². The van der Waals surface area contributed by atoms with Crippen LogP contribution in [0.5, 0.6) is 0 Å². The van der Waals surface area contributed by atoms with Crippen molar-refractivity contribution in [3.05, 3.63) is 58.3 Å². The van der Waals surface area contributed by atoms with E-state index in [1.165, 1.54) is 4.90 Å². The molecule has 6 heteroatoms.